The summed E-state index contributed by atoms with van der Waals surface area (Å²) >= 11 is 0. The second kappa shape index (κ2) is 6.59. The number of carbonyl (C=O) groups excluding carboxylic acids is 1. The molecule has 4 rings (SSSR count). The summed E-state index contributed by atoms with van der Waals surface area (Å²) < 4.78 is 0. The Hall–Kier alpha value is -2.43. The van der Waals surface area contributed by atoms with E-state index in [0.717, 1.165) is 56.7 Å². The van der Waals surface area contributed by atoms with Gasteiger partial charge in [0.25, 0.3) is 5.91 Å². The second-order valence-corrected chi connectivity index (χ2v) is 6.60. The average Bonchev–Trinajstić information content (AvgIpc) is 3.11. The maximum Gasteiger partial charge on any atom is 0.251 e. The zero-order valence-corrected chi connectivity index (χ0v) is 13.7. The predicted octanol–water partition coefficient (Wildman–Crippen LogP) is 2.36. The van der Waals surface area contributed by atoms with Gasteiger partial charge in [-0.15, -0.1) is 0 Å². The highest BCUT2D eigenvalue weighted by Crippen LogP contribution is 2.25. The Morgan fingerprint density at radius 1 is 1.12 bits per heavy atom. The SMILES string of the molecule is O=C(N[C@H]1CCCN(c2ncccn2)C1)c1cccc2c1CCC2. The minimum atomic E-state index is 0.0644. The van der Waals surface area contributed by atoms with E-state index in [1.54, 1.807) is 12.4 Å². The fraction of sp³-hybridized carbons (Fsp3) is 0.421. The molecule has 5 heteroatoms. The van der Waals surface area contributed by atoms with Gasteiger partial charge in [0.05, 0.1) is 0 Å². The molecule has 0 radical (unpaired) electrons. The number of fused-ring (bicyclic) bond motifs is 1. The van der Waals surface area contributed by atoms with Crippen molar-refractivity contribution >= 4 is 11.9 Å². The van der Waals surface area contributed by atoms with Crippen LogP contribution in [0.4, 0.5) is 5.95 Å². The minimum Gasteiger partial charge on any atom is -0.348 e. The molecule has 1 amide bonds. The molecular weight excluding hydrogens is 300 g/mol. The number of aryl methyl sites for hydroxylation is 1. The zero-order valence-electron chi connectivity index (χ0n) is 13.7. The van der Waals surface area contributed by atoms with E-state index >= 15 is 0 Å². The van der Waals surface area contributed by atoms with Crippen molar-refractivity contribution < 1.29 is 4.79 Å². The van der Waals surface area contributed by atoms with Crippen LogP contribution in [0.15, 0.2) is 36.7 Å². The van der Waals surface area contributed by atoms with Gasteiger partial charge >= 0.3 is 0 Å². The smallest absolute Gasteiger partial charge is 0.251 e. The summed E-state index contributed by atoms with van der Waals surface area (Å²) in [5, 5.41) is 3.23. The Labute approximate surface area is 142 Å². The van der Waals surface area contributed by atoms with Gasteiger partial charge < -0.3 is 10.2 Å². The first-order valence-corrected chi connectivity index (χ1v) is 8.75. The lowest BCUT2D eigenvalue weighted by atomic mass is 10.0. The maximum absolute atomic E-state index is 12.8. The number of amides is 1. The molecule has 2 aliphatic rings. The Bertz CT molecular complexity index is 731. The first-order valence-electron chi connectivity index (χ1n) is 8.75. The van der Waals surface area contributed by atoms with Gasteiger partial charge in [-0.3, -0.25) is 4.79 Å². The van der Waals surface area contributed by atoms with Crippen LogP contribution in [0.5, 0.6) is 0 Å². The molecule has 5 nitrogen and oxygen atoms in total. The highest BCUT2D eigenvalue weighted by molar-refractivity contribution is 5.96. The molecule has 0 spiro atoms. The molecule has 0 unspecified atom stereocenters. The quantitative estimate of drug-likeness (QED) is 0.942. The van der Waals surface area contributed by atoms with E-state index in [-0.39, 0.29) is 11.9 Å². The number of hydrogen-bond donors (Lipinski definition) is 1. The largest absolute Gasteiger partial charge is 0.348 e. The van der Waals surface area contributed by atoms with E-state index in [4.69, 9.17) is 0 Å². The van der Waals surface area contributed by atoms with Crippen molar-refractivity contribution in [2.45, 2.75) is 38.1 Å². The summed E-state index contributed by atoms with van der Waals surface area (Å²) in [7, 11) is 0. The van der Waals surface area contributed by atoms with E-state index in [1.165, 1.54) is 11.1 Å². The van der Waals surface area contributed by atoms with Crippen LogP contribution in [0.3, 0.4) is 0 Å². The normalized spacial score (nSPS) is 19.8. The first-order chi connectivity index (χ1) is 11.8. The van der Waals surface area contributed by atoms with Gasteiger partial charge in [0.15, 0.2) is 0 Å². The molecule has 1 aromatic carbocycles. The molecule has 1 saturated heterocycles. The Morgan fingerprint density at radius 3 is 2.88 bits per heavy atom. The first kappa shape index (κ1) is 15.1. The Morgan fingerprint density at radius 2 is 2.00 bits per heavy atom. The van der Waals surface area contributed by atoms with Crippen molar-refractivity contribution in [3.63, 3.8) is 0 Å². The number of piperidine rings is 1. The van der Waals surface area contributed by atoms with Crippen LogP contribution in [0, 0.1) is 0 Å². The number of anilines is 1. The second-order valence-electron chi connectivity index (χ2n) is 6.60. The number of carbonyl (C=O) groups is 1. The Balaban J connectivity index is 1.45. The fourth-order valence-corrected chi connectivity index (χ4v) is 3.83. The average molecular weight is 322 g/mol. The summed E-state index contributed by atoms with van der Waals surface area (Å²) in [5.41, 5.74) is 3.44. The van der Waals surface area contributed by atoms with Gasteiger partial charge in [0.2, 0.25) is 5.95 Å². The highest BCUT2D eigenvalue weighted by Gasteiger charge is 2.25. The monoisotopic (exact) mass is 322 g/mol. The standard InChI is InChI=1S/C19H22N4O/c24-18(17-9-2-6-14-5-1-8-16(14)17)22-15-7-3-12-23(13-15)19-20-10-4-11-21-19/h2,4,6,9-11,15H,1,3,5,7-8,12-13H2,(H,22,24)/t15-/m0/s1. The fourth-order valence-electron chi connectivity index (χ4n) is 3.83. The lowest BCUT2D eigenvalue weighted by molar-refractivity contribution is 0.0932. The highest BCUT2D eigenvalue weighted by atomic mass is 16.1. The van der Waals surface area contributed by atoms with E-state index in [0.29, 0.717) is 0 Å². The lowest BCUT2D eigenvalue weighted by Crippen LogP contribution is -2.48. The predicted molar refractivity (Wildman–Crippen MR) is 93.2 cm³/mol. The number of benzene rings is 1. The molecule has 1 aliphatic carbocycles. The molecule has 1 aliphatic heterocycles. The third-order valence-corrected chi connectivity index (χ3v) is 4.98. The van der Waals surface area contributed by atoms with Crippen LogP contribution in [-0.4, -0.2) is 35.0 Å². The number of hydrogen-bond acceptors (Lipinski definition) is 4. The maximum atomic E-state index is 12.8. The van der Waals surface area contributed by atoms with Crippen LogP contribution in [-0.2, 0) is 12.8 Å². The van der Waals surface area contributed by atoms with E-state index in [1.807, 2.05) is 18.2 Å². The molecule has 0 bridgehead atoms. The summed E-state index contributed by atoms with van der Waals surface area (Å²) in [4.78, 5) is 23.6. The number of rotatable bonds is 3. The van der Waals surface area contributed by atoms with Crippen molar-refractivity contribution in [1.29, 1.82) is 0 Å². The van der Waals surface area contributed by atoms with Gasteiger partial charge in [0, 0.05) is 37.1 Å². The third-order valence-electron chi connectivity index (χ3n) is 4.98. The van der Waals surface area contributed by atoms with Gasteiger partial charge in [-0.1, -0.05) is 12.1 Å². The van der Waals surface area contributed by atoms with Crippen LogP contribution < -0.4 is 10.2 Å². The Kier molecular flexibility index (Phi) is 4.15. The van der Waals surface area contributed by atoms with Gasteiger partial charge in [0.1, 0.15) is 0 Å². The molecule has 2 heterocycles. The van der Waals surface area contributed by atoms with Gasteiger partial charge in [-0.2, -0.15) is 0 Å². The van der Waals surface area contributed by atoms with Crippen molar-refractivity contribution in [3.8, 4) is 0 Å². The van der Waals surface area contributed by atoms with Crippen LogP contribution in [0.1, 0.15) is 40.7 Å². The molecule has 2 aromatic rings. The molecule has 1 fully saturated rings. The summed E-state index contributed by atoms with van der Waals surface area (Å²) in [5.74, 6) is 0.812. The molecule has 24 heavy (non-hydrogen) atoms. The van der Waals surface area contributed by atoms with Gasteiger partial charge in [-0.05, 0) is 55.4 Å². The molecule has 1 atom stereocenters. The lowest BCUT2D eigenvalue weighted by Gasteiger charge is -2.33. The summed E-state index contributed by atoms with van der Waals surface area (Å²) in [6.07, 6.45) is 8.84. The van der Waals surface area contributed by atoms with E-state index in [9.17, 15) is 4.79 Å². The molecular formula is C19H22N4O. The van der Waals surface area contributed by atoms with Crippen molar-refractivity contribution in [2.24, 2.45) is 0 Å². The molecule has 1 aromatic heterocycles. The van der Waals surface area contributed by atoms with E-state index in [2.05, 4.69) is 26.3 Å². The van der Waals surface area contributed by atoms with Gasteiger partial charge in [-0.25, -0.2) is 9.97 Å². The molecule has 1 N–H and O–H groups in total. The third kappa shape index (κ3) is 2.98. The van der Waals surface area contributed by atoms with Crippen LogP contribution in [0.25, 0.3) is 0 Å². The van der Waals surface area contributed by atoms with Crippen molar-refractivity contribution in [3.05, 3.63) is 53.3 Å². The number of nitrogens with zero attached hydrogens (tertiary/aromatic N) is 3. The number of aromatic nitrogens is 2. The molecule has 124 valence electrons. The summed E-state index contributed by atoms with van der Waals surface area (Å²) in [6.45, 7) is 1.71. The number of nitrogens with one attached hydrogen (secondary N) is 1. The molecule has 0 saturated carbocycles. The van der Waals surface area contributed by atoms with Crippen LogP contribution in [0.2, 0.25) is 0 Å². The zero-order chi connectivity index (χ0) is 16.4. The van der Waals surface area contributed by atoms with E-state index < -0.39 is 0 Å². The minimum absolute atomic E-state index is 0.0644. The van der Waals surface area contributed by atoms with Crippen molar-refractivity contribution in [1.82, 2.24) is 15.3 Å². The van der Waals surface area contributed by atoms with Crippen LogP contribution >= 0.6 is 0 Å². The van der Waals surface area contributed by atoms with Crippen molar-refractivity contribution in [2.75, 3.05) is 18.0 Å². The summed E-state index contributed by atoms with van der Waals surface area (Å²) in [6, 6.07) is 8.08. The topological polar surface area (TPSA) is 58.1 Å².